The molecule has 2 N–H and O–H groups in total. The highest BCUT2D eigenvalue weighted by Gasteiger charge is 2.08. The van der Waals surface area contributed by atoms with E-state index >= 15 is 0 Å². The van der Waals surface area contributed by atoms with Crippen LogP contribution in [0.2, 0.25) is 0 Å². The van der Waals surface area contributed by atoms with Crippen LogP contribution in [0, 0.1) is 0 Å². The highest BCUT2D eigenvalue weighted by molar-refractivity contribution is 5.41. The van der Waals surface area contributed by atoms with Crippen molar-refractivity contribution in [2.24, 2.45) is 5.73 Å². The van der Waals surface area contributed by atoms with Crippen LogP contribution < -0.4 is 15.2 Å². The molecule has 0 fully saturated rings. The van der Waals surface area contributed by atoms with Crippen molar-refractivity contribution < 1.29 is 14.2 Å². The van der Waals surface area contributed by atoms with E-state index in [2.05, 4.69) is 6.92 Å². The SMILES string of the molecule is CCCOc1ccc(CC(C)N)c(OCCOCC)c1. The summed E-state index contributed by atoms with van der Waals surface area (Å²) in [5.41, 5.74) is 6.99. The van der Waals surface area contributed by atoms with Gasteiger partial charge in [-0.1, -0.05) is 13.0 Å². The molecule has 0 aliphatic rings. The molecule has 0 aliphatic heterocycles. The van der Waals surface area contributed by atoms with Crippen LogP contribution in [0.3, 0.4) is 0 Å². The van der Waals surface area contributed by atoms with E-state index in [4.69, 9.17) is 19.9 Å². The summed E-state index contributed by atoms with van der Waals surface area (Å²) in [5, 5.41) is 0. The van der Waals surface area contributed by atoms with Gasteiger partial charge in [-0.2, -0.15) is 0 Å². The summed E-state index contributed by atoms with van der Waals surface area (Å²) in [5.74, 6) is 1.68. The lowest BCUT2D eigenvalue weighted by atomic mass is 10.1. The lowest BCUT2D eigenvalue weighted by Crippen LogP contribution is -2.18. The van der Waals surface area contributed by atoms with Crippen LogP contribution in [0.5, 0.6) is 11.5 Å². The molecule has 0 radical (unpaired) electrons. The lowest BCUT2D eigenvalue weighted by molar-refractivity contribution is 0.109. The van der Waals surface area contributed by atoms with Crippen LogP contribution in [0.4, 0.5) is 0 Å². The Balaban J connectivity index is 2.71. The summed E-state index contributed by atoms with van der Waals surface area (Å²) in [6.07, 6.45) is 1.78. The Morgan fingerprint density at radius 1 is 1.10 bits per heavy atom. The maximum Gasteiger partial charge on any atom is 0.126 e. The zero-order valence-corrected chi connectivity index (χ0v) is 12.9. The number of hydrogen-bond donors (Lipinski definition) is 1. The minimum atomic E-state index is 0.103. The van der Waals surface area contributed by atoms with Crippen molar-refractivity contribution in [1.82, 2.24) is 0 Å². The van der Waals surface area contributed by atoms with Crippen molar-refractivity contribution in [3.05, 3.63) is 23.8 Å². The first kappa shape index (κ1) is 16.8. The zero-order chi connectivity index (χ0) is 14.8. The maximum absolute atomic E-state index is 5.88. The maximum atomic E-state index is 5.88. The Hall–Kier alpha value is -1.26. The highest BCUT2D eigenvalue weighted by Crippen LogP contribution is 2.26. The number of ether oxygens (including phenoxy) is 3. The molecular formula is C16H27NO3. The Bertz CT molecular complexity index is 380. The van der Waals surface area contributed by atoms with E-state index in [1.54, 1.807) is 0 Å². The predicted molar refractivity (Wildman–Crippen MR) is 81.6 cm³/mol. The molecule has 1 unspecified atom stereocenters. The summed E-state index contributed by atoms with van der Waals surface area (Å²) in [4.78, 5) is 0. The van der Waals surface area contributed by atoms with E-state index in [9.17, 15) is 0 Å². The second-order valence-electron chi connectivity index (χ2n) is 4.84. The Kier molecular flexibility index (Phi) is 8.07. The molecule has 1 atom stereocenters. The van der Waals surface area contributed by atoms with Crippen LogP contribution in [0.15, 0.2) is 18.2 Å². The molecule has 1 aromatic carbocycles. The average molecular weight is 281 g/mol. The normalized spacial score (nSPS) is 12.2. The average Bonchev–Trinajstić information content (AvgIpc) is 2.43. The Labute approximate surface area is 122 Å². The van der Waals surface area contributed by atoms with Crippen molar-refractivity contribution in [3.8, 4) is 11.5 Å². The standard InChI is InChI=1S/C16H27NO3/c1-4-8-19-15-7-6-14(11-13(3)17)16(12-15)20-10-9-18-5-2/h6-7,12-13H,4-5,8-11,17H2,1-3H3. The van der Waals surface area contributed by atoms with Crippen LogP contribution in [0.1, 0.15) is 32.8 Å². The number of nitrogens with two attached hydrogens (primary N) is 1. The topological polar surface area (TPSA) is 53.7 Å². The van der Waals surface area contributed by atoms with Crippen molar-refractivity contribution >= 4 is 0 Å². The molecule has 1 rings (SSSR count). The summed E-state index contributed by atoms with van der Waals surface area (Å²) in [6, 6.07) is 6.05. The van der Waals surface area contributed by atoms with Gasteiger partial charge in [0.05, 0.1) is 13.2 Å². The van der Waals surface area contributed by atoms with E-state index in [1.807, 2.05) is 32.0 Å². The molecule has 0 saturated heterocycles. The number of benzene rings is 1. The van der Waals surface area contributed by atoms with Crippen molar-refractivity contribution in [3.63, 3.8) is 0 Å². The molecule has 0 aliphatic carbocycles. The van der Waals surface area contributed by atoms with Crippen LogP contribution in [-0.4, -0.2) is 32.5 Å². The lowest BCUT2D eigenvalue weighted by Gasteiger charge is -2.15. The second-order valence-corrected chi connectivity index (χ2v) is 4.84. The van der Waals surface area contributed by atoms with Gasteiger partial charge in [0.25, 0.3) is 0 Å². The fraction of sp³-hybridized carbons (Fsp3) is 0.625. The first-order valence-corrected chi connectivity index (χ1v) is 7.39. The van der Waals surface area contributed by atoms with Gasteiger partial charge in [0.1, 0.15) is 18.1 Å². The number of hydrogen-bond acceptors (Lipinski definition) is 4. The summed E-state index contributed by atoms with van der Waals surface area (Å²) < 4.78 is 16.7. The molecule has 0 saturated carbocycles. The smallest absolute Gasteiger partial charge is 0.126 e. The Morgan fingerprint density at radius 3 is 2.55 bits per heavy atom. The third-order valence-corrected chi connectivity index (χ3v) is 2.74. The molecule has 0 heterocycles. The Morgan fingerprint density at radius 2 is 1.90 bits per heavy atom. The van der Waals surface area contributed by atoms with Gasteiger partial charge in [-0.3, -0.25) is 0 Å². The third-order valence-electron chi connectivity index (χ3n) is 2.74. The van der Waals surface area contributed by atoms with Crippen LogP contribution in [0.25, 0.3) is 0 Å². The van der Waals surface area contributed by atoms with Gasteiger partial charge in [-0.15, -0.1) is 0 Å². The molecule has 1 aromatic rings. The molecule has 0 amide bonds. The molecule has 114 valence electrons. The fourth-order valence-electron chi connectivity index (χ4n) is 1.85. The highest BCUT2D eigenvalue weighted by atomic mass is 16.5. The van der Waals surface area contributed by atoms with E-state index in [-0.39, 0.29) is 6.04 Å². The van der Waals surface area contributed by atoms with Gasteiger partial charge in [0.15, 0.2) is 0 Å². The van der Waals surface area contributed by atoms with E-state index in [0.717, 1.165) is 29.9 Å². The third kappa shape index (κ3) is 6.26. The first-order valence-electron chi connectivity index (χ1n) is 7.39. The van der Waals surface area contributed by atoms with Gasteiger partial charge in [-0.25, -0.2) is 0 Å². The molecule has 0 aromatic heterocycles. The summed E-state index contributed by atoms with van der Waals surface area (Å²) in [6.45, 7) is 8.60. The van der Waals surface area contributed by atoms with E-state index in [0.29, 0.717) is 26.4 Å². The molecule has 4 nitrogen and oxygen atoms in total. The second kappa shape index (κ2) is 9.61. The van der Waals surface area contributed by atoms with Crippen LogP contribution >= 0.6 is 0 Å². The summed E-state index contributed by atoms with van der Waals surface area (Å²) >= 11 is 0. The van der Waals surface area contributed by atoms with E-state index < -0.39 is 0 Å². The minimum Gasteiger partial charge on any atom is -0.493 e. The summed E-state index contributed by atoms with van der Waals surface area (Å²) in [7, 11) is 0. The van der Waals surface area contributed by atoms with Gasteiger partial charge in [-0.05, 0) is 38.3 Å². The monoisotopic (exact) mass is 281 g/mol. The van der Waals surface area contributed by atoms with Gasteiger partial charge in [0, 0.05) is 18.7 Å². The molecule has 0 bridgehead atoms. The quantitative estimate of drug-likeness (QED) is 0.670. The molecule has 0 spiro atoms. The van der Waals surface area contributed by atoms with Crippen molar-refractivity contribution in [2.45, 2.75) is 39.7 Å². The largest absolute Gasteiger partial charge is 0.493 e. The van der Waals surface area contributed by atoms with Crippen molar-refractivity contribution in [1.29, 1.82) is 0 Å². The van der Waals surface area contributed by atoms with Crippen LogP contribution in [-0.2, 0) is 11.2 Å². The molecular weight excluding hydrogens is 254 g/mol. The zero-order valence-electron chi connectivity index (χ0n) is 12.9. The number of rotatable bonds is 10. The van der Waals surface area contributed by atoms with Gasteiger partial charge >= 0.3 is 0 Å². The minimum absolute atomic E-state index is 0.103. The van der Waals surface area contributed by atoms with Gasteiger partial charge in [0.2, 0.25) is 0 Å². The van der Waals surface area contributed by atoms with Gasteiger partial charge < -0.3 is 19.9 Å². The predicted octanol–water partition coefficient (Wildman–Crippen LogP) is 2.78. The fourth-order valence-corrected chi connectivity index (χ4v) is 1.85. The van der Waals surface area contributed by atoms with Crippen molar-refractivity contribution in [2.75, 3.05) is 26.4 Å². The first-order chi connectivity index (χ1) is 9.67. The molecule has 4 heteroatoms. The molecule has 20 heavy (non-hydrogen) atoms. The van der Waals surface area contributed by atoms with E-state index in [1.165, 1.54) is 0 Å².